The van der Waals surface area contributed by atoms with Crippen LogP contribution in [0.25, 0.3) is 0 Å². The van der Waals surface area contributed by atoms with Crippen LogP contribution in [-0.4, -0.2) is 50.4 Å². The van der Waals surface area contributed by atoms with E-state index in [1.807, 2.05) is 0 Å². The van der Waals surface area contributed by atoms with E-state index in [-0.39, 0.29) is 18.4 Å². The molecular formula is C15H22F2O6S. The minimum atomic E-state index is -5.46. The molecule has 1 heterocycles. The lowest BCUT2D eigenvalue weighted by Crippen LogP contribution is -2.63. The Kier molecular flexibility index (Phi) is 3.97. The van der Waals surface area contributed by atoms with Crippen LogP contribution >= 0.6 is 0 Å². The van der Waals surface area contributed by atoms with Gasteiger partial charge < -0.3 is 14.2 Å². The molecule has 4 bridgehead atoms. The Balaban J connectivity index is 1.46. The summed E-state index contributed by atoms with van der Waals surface area (Å²) in [4.78, 5) is 0. The molecular weight excluding hydrogens is 346 g/mol. The highest BCUT2D eigenvalue weighted by Gasteiger charge is 2.64. The van der Waals surface area contributed by atoms with Crippen molar-refractivity contribution in [1.29, 1.82) is 0 Å². The van der Waals surface area contributed by atoms with Crippen molar-refractivity contribution in [1.82, 2.24) is 0 Å². The third-order valence-corrected chi connectivity index (χ3v) is 7.21. The minimum Gasteiger partial charge on any atom is -0.374 e. The van der Waals surface area contributed by atoms with Crippen LogP contribution in [0.15, 0.2) is 0 Å². The van der Waals surface area contributed by atoms with Crippen LogP contribution in [-0.2, 0) is 24.3 Å². The summed E-state index contributed by atoms with van der Waals surface area (Å²) in [5.74, 6) is 0.896. The molecule has 0 aromatic heterocycles. The molecule has 1 N–H and O–H groups in total. The predicted molar refractivity (Wildman–Crippen MR) is 77.9 cm³/mol. The van der Waals surface area contributed by atoms with Gasteiger partial charge in [0.2, 0.25) is 0 Å². The van der Waals surface area contributed by atoms with Gasteiger partial charge in [-0.2, -0.15) is 17.2 Å². The molecule has 9 heteroatoms. The van der Waals surface area contributed by atoms with E-state index >= 15 is 0 Å². The van der Waals surface area contributed by atoms with Crippen molar-refractivity contribution in [2.24, 2.45) is 29.6 Å². The van der Waals surface area contributed by atoms with Crippen molar-refractivity contribution < 1.29 is 36.0 Å². The summed E-state index contributed by atoms with van der Waals surface area (Å²) < 4.78 is 73.6. The average molecular weight is 368 g/mol. The molecule has 5 aliphatic rings. The van der Waals surface area contributed by atoms with Crippen LogP contribution in [0.4, 0.5) is 8.78 Å². The predicted octanol–water partition coefficient (Wildman–Crippen LogP) is 1.91. The highest BCUT2D eigenvalue weighted by molar-refractivity contribution is 7.86. The normalized spacial score (nSPS) is 40.5. The van der Waals surface area contributed by atoms with Crippen LogP contribution in [0.3, 0.4) is 0 Å². The highest BCUT2D eigenvalue weighted by atomic mass is 32.2. The van der Waals surface area contributed by atoms with Gasteiger partial charge >= 0.3 is 15.4 Å². The van der Waals surface area contributed by atoms with E-state index in [2.05, 4.69) is 0 Å². The van der Waals surface area contributed by atoms with Gasteiger partial charge in [-0.05, 0) is 43.4 Å². The van der Waals surface area contributed by atoms with Gasteiger partial charge in [-0.25, -0.2) is 0 Å². The van der Waals surface area contributed by atoms with E-state index in [9.17, 15) is 17.2 Å². The lowest BCUT2D eigenvalue weighted by atomic mass is 9.49. The summed E-state index contributed by atoms with van der Waals surface area (Å²) in [6.45, 7) is -0.189. The second kappa shape index (κ2) is 5.57. The molecule has 6 nitrogen and oxygen atoms in total. The molecule has 24 heavy (non-hydrogen) atoms. The molecule has 5 unspecified atom stereocenters. The third kappa shape index (κ3) is 2.51. The van der Waals surface area contributed by atoms with Crippen LogP contribution < -0.4 is 0 Å². The van der Waals surface area contributed by atoms with Gasteiger partial charge in [-0.15, -0.1) is 0 Å². The van der Waals surface area contributed by atoms with E-state index in [4.69, 9.17) is 18.8 Å². The number of hydrogen-bond donors (Lipinski definition) is 1. The molecule has 4 aliphatic carbocycles. The molecule has 5 atom stereocenters. The molecule has 0 aromatic rings. The molecule has 0 aromatic carbocycles. The van der Waals surface area contributed by atoms with Crippen LogP contribution in [0.5, 0.6) is 0 Å². The average Bonchev–Trinajstić information content (AvgIpc) is 2.96. The summed E-state index contributed by atoms with van der Waals surface area (Å²) in [5.41, 5.74) is 0. The van der Waals surface area contributed by atoms with E-state index in [0.29, 0.717) is 31.0 Å². The number of hydrogen-bond acceptors (Lipinski definition) is 5. The van der Waals surface area contributed by atoms with Crippen molar-refractivity contribution in [3.63, 3.8) is 0 Å². The largest absolute Gasteiger partial charge is 0.392 e. The summed E-state index contributed by atoms with van der Waals surface area (Å²) in [6.07, 6.45) is 4.04. The van der Waals surface area contributed by atoms with Crippen LogP contribution in [0, 0.1) is 29.6 Å². The smallest absolute Gasteiger partial charge is 0.374 e. The van der Waals surface area contributed by atoms with Gasteiger partial charge in [0.25, 0.3) is 0 Å². The van der Waals surface area contributed by atoms with Gasteiger partial charge in [0.15, 0.2) is 5.79 Å². The van der Waals surface area contributed by atoms with E-state index < -0.39 is 27.8 Å². The Morgan fingerprint density at radius 2 is 1.88 bits per heavy atom. The van der Waals surface area contributed by atoms with Gasteiger partial charge in [-0.3, -0.25) is 4.55 Å². The first-order valence-electron chi connectivity index (χ1n) is 8.43. The first-order valence-corrected chi connectivity index (χ1v) is 9.87. The standard InChI is InChI=1S/C15H22F2O6S/c16-14(17,24(18,19)20)8-21-7-12-10-3-9-4-11(6-10)15(13(12)5-9)22-1-2-23-15/h9-13H,1-8H2,(H,18,19,20). The second-order valence-electron chi connectivity index (χ2n) is 7.58. The molecule has 5 rings (SSSR count). The van der Waals surface area contributed by atoms with Crippen molar-refractivity contribution in [2.75, 3.05) is 26.4 Å². The van der Waals surface area contributed by atoms with E-state index in [1.165, 1.54) is 0 Å². The third-order valence-electron chi connectivity index (χ3n) is 6.33. The zero-order chi connectivity index (χ0) is 17.2. The zero-order valence-electron chi connectivity index (χ0n) is 13.2. The fraction of sp³-hybridized carbons (Fsp3) is 1.00. The molecule has 1 spiro atoms. The Bertz CT molecular complexity index is 603. The molecule has 5 fully saturated rings. The second-order valence-corrected chi connectivity index (χ2v) is 9.13. The number of ether oxygens (including phenoxy) is 3. The molecule has 4 saturated carbocycles. The monoisotopic (exact) mass is 368 g/mol. The maximum atomic E-state index is 13.3. The first-order chi connectivity index (χ1) is 11.2. The summed E-state index contributed by atoms with van der Waals surface area (Å²) in [7, 11) is -5.46. The number of halogens is 2. The van der Waals surface area contributed by atoms with E-state index in [1.54, 1.807) is 0 Å². The summed E-state index contributed by atoms with van der Waals surface area (Å²) in [5, 5.41) is -4.28. The van der Waals surface area contributed by atoms with Gasteiger partial charge in [0.05, 0.1) is 19.8 Å². The van der Waals surface area contributed by atoms with Crippen molar-refractivity contribution in [3.8, 4) is 0 Å². The molecule has 138 valence electrons. The van der Waals surface area contributed by atoms with Crippen molar-refractivity contribution in [3.05, 3.63) is 0 Å². The first kappa shape index (κ1) is 17.1. The maximum absolute atomic E-state index is 13.3. The molecule has 1 saturated heterocycles. The molecule has 1 aliphatic heterocycles. The fourth-order valence-electron chi connectivity index (χ4n) is 5.52. The van der Waals surface area contributed by atoms with Crippen LogP contribution in [0.2, 0.25) is 0 Å². The van der Waals surface area contributed by atoms with E-state index in [0.717, 1.165) is 25.7 Å². The van der Waals surface area contributed by atoms with Crippen molar-refractivity contribution >= 4 is 10.1 Å². The Labute approximate surface area is 139 Å². The fourth-order valence-corrected chi connectivity index (χ4v) is 5.75. The topological polar surface area (TPSA) is 82.1 Å². The lowest BCUT2D eigenvalue weighted by Gasteiger charge is -2.61. The molecule has 0 amide bonds. The Morgan fingerprint density at radius 1 is 1.17 bits per heavy atom. The Morgan fingerprint density at radius 3 is 2.54 bits per heavy atom. The lowest BCUT2D eigenvalue weighted by molar-refractivity contribution is -0.309. The summed E-state index contributed by atoms with van der Waals surface area (Å²) >= 11 is 0. The maximum Gasteiger partial charge on any atom is 0.392 e. The van der Waals surface area contributed by atoms with Gasteiger partial charge in [-0.1, -0.05) is 0 Å². The zero-order valence-corrected chi connectivity index (χ0v) is 14.0. The minimum absolute atomic E-state index is 0.0214. The highest BCUT2D eigenvalue weighted by Crippen LogP contribution is 2.63. The van der Waals surface area contributed by atoms with Crippen molar-refractivity contribution in [2.45, 2.75) is 36.7 Å². The van der Waals surface area contributed by atoms with Gasteiger partial charge in [0.1, 0.15) is 6.61 Å². The summed E-state index contributed by atoms with van der Waals surface area (Å²) in [6, 6.07) is 0. The molecule has 0 radical (unpaired) electrons. The number of rotatable bonds is 5. The quantitative estimate of drug-likeness (QED) is 0.747. The van der Waals surface area contributed by atoms with Crippen LogP contribution in [0.1, 0.15) is 25.7 Å². The SMILES string of the molecule is O=S(=O)(O)C(F)(F)COCC1C2CC3CC(C2)C2(OCCO2)C1C3. The Hall–Kier alpha value is -0.350. The van der Waals surface area contributed by atoms with Gasteiger partial charge in [0, 0.05) is 11.8 Å². The number of alkyl halides is 2.